The average Bonchev–Trinajstić information content (AvgIpc) is 2.45. The summed E-state index contributed by atoms with van der Waals surface area (Å²) in [4.78, 5) is 3.84. The van der Waals surface area contributed by atoms with Gasteiger partial charge in [-0.15, -0.1) is 0 Å². The lowest BCUT2D eigenvalue weighted by atomic mass is 9.94. The molecule has 0 aromatic carbocycles. The van der Waals surface area contributed by atoms with Crippen molar-refractivity contribution in [1.82, 2.24) is 10.3 Å². The van der Waals surface area contributed by atoms with Gasteiger partial charge in [0.15, 0.2) is 0 Å². The van der Waals surface area contributed by atoms with Gasteiger partial charge in [0.05, 0.1) is 11.7 Å². The largest absolute Gasteiger partial charge is 0.416 e. The van der Waals surface area contributed by atoms with Gasteiger partial charge in [0.2, 0.25) is 0 Å². The van der Waals surface area contributed by atoms with Crippen LogP contribution in [0.15, 0.2) is 18.5 Å². The molecule has 0 spiro atoms. The van der Waals surface area contributed by atoms with Crippen molar-refractivity contribution in [3.05, 3.63) is 29.6 Å². The summed E-state index contributed by atoms with van der Waals surface area (Å²) >= 11 is 0. The van der Waals surface area contributed by atoms with E-state index in [0.717, 1.165) is 25.3 Å². The second-order valence-corrected chi connectivity index (χ2v) is 5.03. The Labute approximate surface area is 116 Å². The predicted molar refractivity (Wildman–Crippen MR) is 69.2 cm³/mol. The molecular formula is C14H19F3N2O. The standard InChI is InChI=1S/C14H19F3N2O/c1-18-13(8-10-4-2-3-7-20-10)11-9-19-6-5-12(11)14(15,16)17/h5-6,9-10,13,18H,2-4,7-8H2,1H3. The Hall–Kier alpha value is -1.14. The van der Waals surface area contributed by atoms with Crippen LogP contribution in [-0.2, 0) is 10.9 Å². The molecule has 0 bridgehead atoms. The lowest BCUT2D eigenvalue weighted by Crippen LogP contribution is -2.28. The Morgan fingerprint density at radius 3 is 2.85 bits per heavy atom. The number of rotatable bonds is 4. The highest BCUT2D eigenvalue weighted by Crippen LogP contribution is 2.35. The first-order chi connectivity index (χ1) is 9.52. The zero-order valence-corrected chi connectivity index (χ0v) is 11.4. The fraction of sp³-hybridized carbons (Fsp3) is 0.643. The molecule has 0 radical (unpaired) electrons. The van der Waals surface area contributed by atoms with Gasteiger partial charge in [0, 0.05) is 25.0 Å². The molecule has 0 aliphatic carbocycles. The van der Waals surface area contributed by atoms with E-state index in [1.807, 2.05) is 0 Å². The molecule has 1 saturated heterocycles. The highest BCUT2D eigenvalue weighted by molar-refractivity contribution is 5.29. The number of nitrogens with one attached hydrogen (secondary N) is 1. The molecule has 0 saturated carbocycles. The van der Waals surface area contributed by atoms with Crippen LogP contribution in [0.2, 0.25) is 0 Å². The molecule has 1 aliphatic heterocycles. The van der Waals surface area contributed by atoms with Gasteiger partial charge in [-0.1, -0.05) is 0 Å². The van der Waals surface area contributed by atoms with Crippen molar-refractivity contribution in [2.75, 3.05) is 13.7 Å². The average molecular weight is 288 g/mol. The summed E-state index contributed by atoms with van der Waals surface area (Å²) in [5.74, 6) is 0. The third-order valence-corrected chi connectivity index (χ3v) is 3.65. The molecule has 1 N–H and O–H groups in total. The minimum atomic E-state index is -4.36. The van der Waals surface area contributed by atoms with Crippen molar-refractivity contribution in [3.63, 3.8) is 0 Å². The van der Waals surface area contributed by atoms with E-state index in [4.69, 9.17) is 4.74 Å². The zero-order chi connectivity index (χ0) is 14.6. The van der Waals surface area contributed by atoms with Crippen LogP contribution in [0.25, 0.3) is 0 Å². The fourth-order valence-electron chi connectivity index (χ4n) is 2.60. The topological polar surface area (TPSA) is 34.1 Å². The van der Waals surface area contributed by atoms with E-state index in [2.05, 4.69) is 10.3 Å². The fourth-order valence-corrected chi connectivity index (χ4v) is 2.60. The summed E-state index contributed by atoms with van der Waals surface area (Å²) < 4.78 is 44.7. The van der Waals surface area contributed by atoms with E-state index in [1.54, 1.807) is 7.05 Å². The Bertz CT molecular complexity index is 431. The molecule has 112 valence electrons. The minimum Gasteiger partial charge on any atom is -0.378 e. The van der Waals surface area contributed by atoms with Crippen LogP contribution >= 0.6 is 0 Å². The quantitative estimate of drug-likeness (QED) is 0.923. The molecule has 3 nitrogen and oxygen atoms in total. The van der Waals surface area contributed by atoms with Gasteiger partial charge in [0.1, 0.15) is 0 Å². The molecule has 0 amide bonds. The van der Waals surface area contributed by atoms with Crippen LogP contribution in [-0.4, -0.2) is 24.7 Å². The Morgan fingerprint density at radius 1 is 1.45 bits per heavy atom. The summed E-state index contributed by atoms with van der Waals surface area (Å²) in [6.07, 6.45) is 1.67. The predicted octanol–water partition coefficient (Wildman–Crippen LogP) is 3.32. The van der Waals surface area contributed by atoms with Crippen LogP contribution in [0, 0.1) is 0 Å². The summed E-state index contributed by atoms with van der Waals surface area (Å²) in [5, 5.41) is 2.96. The lowest BCUT2D eigenvalue weighted by molar-refractivity contribution is -0.138. The number of hydrogen-bond acceptors (Lipinski definition) is 3. The third kappa shape index (κ3) is 3.70. The molecule has 1 aromatic heterocycles. The lowest BCUT2D eigenvalue weighted by Gasteiger charge is -2.28. The maximum atomic E-state index is 13.0. The maximum Gasteiger partial charge on any atom is 0.416 e. The van der Waals surface area contributed by atoms with Gasteiger partial charge >= 0.3 is 6.18 Å². The molecule has 2 rings (SSSR count). The highest BCUT2D eigenvalue weighted by Gasteiger charge is 2.35. The first kappa shape index (κ1) is 15.3. The maximum absolute atomic E-state index is 13.0. The van der Waals surface area contributed by atoms with Crippen molar-refractivity contribution in [3.8, 4) is 0 Å². The Morgan fingerprint density at radius 2 is 2.25 bits per heavy atom. The van der Waals surface area contributed by atoms with Gasteiger partial charge in [0.25, 0.3) is 0 Å². The normalized spacial score (nSPS) is 21.7. The van der Waals surface area contributed by atoms with E-state index in [0.29, 0.717) is 13.0 Å². The highest BCUT2D eigenvalue weighted by atomic mass is 19.4. The van der Waals surface area contributed by atoms with Gasteiger partial charge in [-0.3, -0.25) is 4.98 Å². The van der Waals surface area contributed by atoms with Crippen LogP contribution < -0.4 is 5.32 Å². The molecule has 1 fully saturated rings. The SMILES string of the molecule is CNC(CC1CCCCO1)c1cnccc1C(F)(F)F. The molecule has 2 heterocycles. The first-order valence-electron chi connectivity index (χ1n) is 6.82. The van der Waals surface area contributed by atoms with E-state index in [-0.39, 0.29) is 11.7 Å². The second-order valence-electron chi connectivity index (χ2n) is 5.03. The molecule has 2 atom stereocenters. The van der Waals surface area contributed by atoms with E-state index in [1.165, 1.54) is 12.4 Å². The smallest absolute Gasteiger partial charge is 0.378 e. The van der Waals surface area contributed by atoms with Crippen molar-refractivity contribution in [2.24, 2.45) is 0 Å². The van der Waals surface area contributed by atoms with Gasteiger partial charge in [-0.05, 0) is 44.4 Å². The number of pyridine rings is 1. The number of hydrogen-bond donors (Lipinski definition) is 1. The molecule has 2 unspecified atom stereocenters. The van der Waals surface area contributed by atoms with Crippen molar-refractivity contribution >= 4 is 0 Å². The summed E-state index contributed by atoms with van der Waals surface area (Å²) in [6, 6.07) is 0.630. The van der Waals surface area contributed by atoms with Crippen molar-refractivity contribution in [1.29, 1.82) is 0 Å². The van der Waals surface area contributed by atoms with Crippen molar-refractivity contribution in [2.45, 2.75) is 44.0 Å². The van der Waals surface area contributed by atoms with E-state index < -0.39 is 17.8 Å². The Balaban J connectivity index is 2.18. The number of nitrogens with zero attached hydrogens (tertiary/aromatic N) is 1. The van der Waals surface area contributed by atoms with Crippen LogP contribution in [0.5, 0.6) is 0 Å². The number of aromatic nitrogens is 1. The summed E-state index contributed by atoms with van der Waals surface area (Å²) in [7, 11) is 1.67. The number of ether oxygens (including phenoxy) is 1. The molecular weight excluding hydrogens is 269 g/mol. The molecule has 1 aliphatic rings. The zero-order valence-electron chi connectivity index (χ0n) is 11.4. The summed E-state index contributed by atoms with van der Waals surface area (Å²) in [5.41, 5.74) is -0.431. The Kier molecular flexibility index (Phi) is 4.99. The monoisotopic (exact) mass is 288 g/mol. The van der Waals surface area contributed by atoms with Gasteiger partial charge in [-0.25, -0.2) is 0 Å². The first-order valence-corrected chi connectivity index (χ1v) is 6.82. The molecule has 6 heteroatoms. The number of alkyl halides is 3. The van der Waals surface area contributed by atoms with Crippen LogP contribution in [0.4, 0.5) is 13.2 Å². The van der Waals surface area contributed by atoms with Crippen LogP contribution in [0.3, 0.4) is 0 Å². The van der Waals surface area contributed by atoms with Crippen molar-refractivity contribution < 1.29 is 17.9 Å². The minimum absolute atomic E-state index is 0.0162. The van der Waals surface area contributed by atoms with Gasteiger partial charge in [-0.2, -0.15) is 13.2 Å². The number of halogens is 3. The van der Waals surface area contributed by atoms with Crippen LogP contribution in [0.1, 0.15) is 42.9 Å². The molecule has 20 heavy (non-hydrogen) atoms. The van der Waals surface area contributed by atoms with E-state index >= 15 is 0 Å². The second kappa shape index (κ2) is 6.54. The van der Waals surface area contributed by atoms with E-state index in [9.17, 15) is 13.2 Å². The van der Waals surface area contributed by atoms with Gasteiger partial charge < -0.3 is 10.1 Å². The summed E-state index contributed by atoms with van der Waals surface area (Å²) in [6.45, 7) is 0.695. The molecule has 1 aromatic rings. The third-order valence-electron chi connectivity index (χ3n) is 3.65.